The Morgan fingerprint density at radius 2 is 1.96 bits per heavy atom. The molecule has 1 atom stereocenters. The highest BCUT2D eigenvalue weighted by molar-refractivity contribution is 5.78. The summed E-state index contributed by atoms with van der Waals surface area (Å²) in [7, 11) is 0. The number of benzene rings is 1. The summed E-state index contributed by atoms with van der Waals surface area (Å²) >= 11 is 0. The van der Waals surface area contributed by atoms with Crippen LogP contribution >= 0.6 is 0 Å². The highest BCUT2D eigenvalue weighted by Crippen LogP contribution is 2.15. The number of hydrogen-bond acceptors (Lipinski definition) is 4. The number of carbonyl (C=O) groups is 2. The molecule has 0 saturated carbocycles. The van der Waals surface area contributed by atoms with Gasteiger partial charge in [-0.1, -0.05) is 18.2 Å². The van der Waals surface area contributed by atoms with E-state index in [-0.39, 0.29) is 24.6 Å². The van der Waals surface area contributed by atoms with Gasteiger partial charge in [0.05, 0.1) is 0 Å². The Morgan fingerprint density at radius 3 is 2.61 bits per heavy atom. The molecular formula is C17H24N2O4. The van der Waals surface area contributed by atoms with Gasteiger partial charge in [-0.25, -0.2) is 4.79 Å². The Labute approximate surface area is 136 Å². The number of carbonyl (C=O) groups excluding carboxylic acids is 2. The van der Waals surface area contributed by atoms with E-state index in [1.807, 2.05) is 39.0 Å². The minimum absolute atomic E-state index is 0.0348. The highest BCUT2D eigenvalue weighted by Gasteiger charge is 2.30. The lowest BCUT2D eigenvalue weighted by atomic mass is 10.2. The van der Waals surface area contributed by atoms with Crippen LogP contribution in [-0.2, 0) is 9.53 Å². The number of amides is 2. The van der Waals surface area contributed by atoms with Crippen molar-refractivity contribution in [2.75, 3.05) is 19.7 Å². The summed E-state index contributed by atoms with van der Waals surface area (Å²) < 4.78 is 10.7. The third-order valence-corrected chi connectivity index (χ3v) is 3.32. The summed E-state index contributed by atoms with van der Waals surface area (Å²) in [6.07, 6.45) is 0.380. The van der Waals surface area contributed by atoms with Crippen LogP contribution in [0.2, 0.25) is 0 Å². The summed E-state index contributed by atoms with van der Waals surface area (Å²) in [6, 6.07) is 9.12. The standard InChI is InChI=1S/C17H24N2O4/c1-17(2,3)23-16(21)19-10-9-13(11-19)18-15(20)12-22-14-7-5-4-6-8-14/h4-8,13H,9-12H2,1-3H3,(H,18,20)/t13-/m1/s1. The van der Waals surface area contributed by atoms with Crippen molar-refractivity contribution < 1.29 is 19.1 Å². The lowest BCUT2D eigenvalue weighted by molar-refractivity contribution is -0.123. The molecule has 23 heavy (non-hydrogen) atoms. The van der Waals surface area contributed by atoms with Crippen LogP contribution in [0, 0.1) is 0 Å². The van der Waals surface area contributed by atoms with Crippen LogP contribution in [-0.4, -0.2) is 48.2 Å². The summed E-state index contributed by atoms with van der Waals surface area (Å²) in [5.41, 5.74) is -0.512. The van der Waals surface area contributed by atoms with Crippen molar-refractivity contribution in [3.05, 3.63) is 30.3 Å². The van der Waals surface area contributed by atoms with Crippen LogP contribution < -0.4 is 10.1 Å². The van der Waals surface area contributed by atoms with Crippen molar-refractivity contribution in [3.63, 3.8) is 0 Å². The van der Waals surface area contributed by atoms with Crippen molar-refractivity contribution in [1.29, 1.82) is 0 Å². The van der Waals surface area contributed by atoms with Crippen molar-refractivity contribution in [3.8, 4) is 5.75 Å². The average Bonchev–Trinajstić information content (AvgIpc) is 2.93. The molecule has 1 heterocycles. The molecule has 1 saturated heterocycles. The van der Waals surface area contributed by atoms with Crippen LogP contribution in [0.1, 0.15) is 27.2 Å². The molecule has 2 rings (SSSR count). The Bertz CT molecular complexity index is 539. The first-order valence-electron chi connectivity index (χ1n) is 7.78. The van der Waals surface area contributed by atoms with Crippen LogP contribution in [0.25, 0.3) is 0 Å². The van der Waals surface area contributed by atoms with E-state index in [0.717, 1.165) is 6.42 Å². The zero-order chi connectivity index (χ0) is 16.9. The molecule has 0 aliphatic carbocycles. The molecule has 1 aromatic carbocycles. The maximum Gasteiger partial charge on any atom is 0.410 e. The van der Waals surface area contributed by atoms with Gasteiger partial charge < -0.3 is 19.7 Å². The molecule has 1 aromatic rings. The molecule has 0 radical (unpaired) electrons. The number of para-hydroxylation sites is 1. The van der Waals surface area contributed by atoms with Crippen molar-refractivity contribution in [1.82, 2.24) is 10.2 Å². The number of rotatable bonds is 4. The number of nitrogens with zero attached hydrogens (tertiary/aromatic N) is 1. The predicted octanol–water partition coefficient (Wildman–Crippen LogP) is 2.19. The molecule has 126 valence electrons. The fourth-order valence-electron chi connectivity index (χ4n) is 2.31. The van der Waals surface area contributed by atoms with Gasteiger partial charge in [0.25, 0.3) is 5.91 Å². The summed E-state index contributed by atoms with van der Waals surface area (Å²) in [5, 5.41) is 2.88. The van der Waals surface area contributed by atoms with E-state index in [0.29, 0.717) is 18.8 Å². The SMILES string of the molecule is CC(C)(C)OC(=O)N1CC[C@@H](NC(=O)COc2ccccc2)C1. The number of likely N-dealkylation sites (tertiary alicyclic amines) is 1. The minimum atomic E-state index is -0.512. The average molecular weight is 320 g/mol. The first-order valence-corrected chi connectivity index (χ1v) is 7.78. The Balaban J connectivity index is 1.72. The third-order valence-electron chi connectivity index (χ3n) is 3.32. The summed E-state index contributed by atoms with van der Waals surface area (Å²) in [4.78, 5) is 25.5. The largest absolute Gasteiger partial charge is 0.484 e. The smallest absolute Gasteiger partial charge is 0.410 e. The zero-order valence-electron chi connectivity index (χ0n) is 13.9. The normalized spacial score (nSPS) is 17.7. The van der Waals surface area contributed by atoms with Gasteiger partial charge >= 0.3 is 6.09 Å². The molecule has 1 N–H and O–H groups in total. The fraction of sp³-hybridized carbons (Fsp3) is 0.529. The van der Waals surface area contributed by atoms with Crippen LogP contribution in [0.3, 0.4) is 0 Å². The molecule has 1 fully saturated rings. The molecular weight excluding hydrogens is 296 g/mol. The van der Waals surface area contributed by atoms with Crippen molar-refractivity contribution in [2.45, 2.75) is 38.8 Å². The van der Waals surface area contributed by atoms with E-state index >= 15 is 0 Å². The molecule has 1 aliphatic heterocycles. The van der Waals surface area contributed by atoms with Gasteiger partial charge in [0.15, 0.2) is 6.61 Å². The van der Waals surface area contributed by atoms with E-state index in [9.17, 15) is 9.59 Å². The van der Waals surface area contributed by atoms with Crippen molar-refractivity contribution in [2.24, 2.45) is 0 Å². The molecule has 6 heteroatoms. The van der Waals surface area contributed by atoms with Gasteiger partial charge in [0, 0.05) is 19.1 Å². The second kappa shape index (κ2) is 7.35. The van der Waals surface area contributed by atoms with Gasteiger partial charge in [-0.3, -0.25) is 4.79 Å². The van der Waals surface area contributed by atoms with E-state index in [2.05, 4.69) is 5.32 Å². The van der Waals surface area contributed by atoms with Gasteiger partial charge in [0.2, 0.25) is 0 Å². The maximum atomic E-state index is 12.0. The first-order chi connectivity index (χ1) is 10.8. The van der Waals surface area contributed by atoms with E-state index < -0.39 is 5.60 Å². The number of nitrogens with one attached hydrogen (secondary N) is 1. The van der Waals surface area contributed by atoms with E-state index in [1.165, 1.54) is 0 Å². The fourth-order valence-corrected chi connectivity index (χ4v) is 2.31. The Kier molecular flexibility index (Phi) is 5.47. The second-order valence-corrected chi connectivity index (χ2v) is 6.58. The van der Waals surface area contributed by atoms with Gasteiger partial charge in [0.1, 0.15) is 11.4 Å². The third kappa shape index (κ3) is 5.81. The molecule has 1 aliphatic rings. The van der Waals surface area contributed by atoms with Gasteiger partial charge in [-0.15, -0.1) is 0 Å². The molecule has 0 aromatic heterocycles. The molecule has 0 spiro atoms. The highest BCUT2D eigenvalue weighted by atomic mass is 16.6. The van der Waals surface area contributed by atoms with E-state index in [4.69, 9.17) is 9.47 Å². The molecule has 0 bridgehead atoms. The quantitative estimate of drug-likeness (QED) is 0.923. The van der Waals surface area contributed by atoms with Gasteiger partial charge in [-0.2, -0.15) is 0 Å². The first kappa shape index (κ1) is 17.1. The molecule has 0 unspecified atom stereocenters. The van der Waals surface area contributed by atoms with Crippen molar-refractivity contribution >= 4 is 12.0 Å². The molecule has 2 amide bonds. The van der Waals surface area contributed by atoms with Crippen LogP contribution in [0.5, 0.6) is 5.75 Å². The topological polar surface area (TPSA) is 67.9 Å². The van der Waals surface area contributed by atoms with Crippen LogP contribution in [0.15, 0.2) is 30.3 Å². The maximum absolute atomic E-state index is 12.0. The van der Waals surface area contributed by atoms with Crippen LogP contribution in [0.4, 0.5) is 4.79 Å². The molecule has 6 nitrogen and oxygen atoms in total. The second-order valence-electron chi connectivity index (χ2n) is 6.58. The number of ether oxygens (including phenoxy) is 2. The van der Waals surface area contributed by atoms with E-state index in [1.54, 1.807) is 17.0 Å². The summed E-state index contributed by atoms with van der Waals surface area (Å²) in [5.74, 6) is 0.467. The lowest BCUT2D eigenvalue weighted by Crippen LogP contribution is -2.41. The predicted molar refractivity (Wildman–Crippen MR) is 86.3 cm³/mol. The van der Waals surface area contributed by atoms with Gasteiger partial charge in [-0.05, 0) is 39.3 Å². The number of hydrogen-bond donors (Lipinski definition) is 1. The lowest BCUT2D eigenvalue weighted by Gasteiger charge is -2.24. The summed E-state index contributed by atoms with van der Waals surface area (Å²) in [6.45, 7) is 6.52. The minimum Gasteiger partial charge on any atom is -0.484 e. The Hall–Kier alpha value is -2.24. The monoisotopic (exact) mass is 320 g/mol. The zero-order valence-corrected chi connectivity index (χ0v) is 13.9. The Morgan fingerprint density at radius 1 is 1.26 bits per heavy atom.